The largest absolute Gasteiger partial charge is 0.381 e. The number of hydrogen-bond donors (Lipinski definition) is 2. The predicted octanol–water partition coefficient (Wildman–Crippen LogP) is 2.49. The van der Waals surface area contributed by atoms with Crippen LogP contribution in [0.25, 0.3) is 0 Å². The van der Waals surface area contributed by atoms with E-state index in [1.165, 1.54) is 5.56 Å². The summed E-state index contributed by atoms with van der Waals surface area (Å²) in [6, 6.07) is 9.28. The Kier molecular flexibility index (Phi) is 4.34. The highest BCUT2D eigenvalue weighted by Crippen LogP contribution is 2.17. The first-order valence-electron chi connectivity index (χ1n) is 6.42. The summed E-state index contributed by atoms with van der Waals surface area (Å²) in [5.74, 6) is 0. The molecule has 20 heavy (non-hydrogen) atoms. The van der Waals surface area contributed by atoms with Crippen molar-refractivity contribution in [3.8, 4) is 0 Å². The van der Waals surface area contributed by atoms with Crippen LogP contribution >= 0.6 is 0 Å². The number of anilines is 2. The lowest BCUT2D eigenvalue weighted by Crippen LogP contribution is -2.09. The van der Waals surface area contributed by atoms with E-state index in [9.17, 15) is 8.42 Å². The molecule has 1 aromatic carbocycles. The van der Waals surface area contributed by atoms with Crippen molar-refractivity contribution >= 4 is 21.4 Å². The van der Waals surface area contributed by atoms with E-state index in [2.05, 4.69) is 33.8 Å². The van der Waals surface area contributed by atoms with Crippen molar-refractivity contribution in [2.24, 2.45) is 0 Å². The van der Waals surface area contributed by atoms with E-state index >= 15 is 0 Å². The van der Waals surface area contributed by atoms with Crippen LogP contribution in [-0.4, -0.2) is 19.2 Å². The van der Waals surface area contributed by atoms with Gasteiger partial charge in [-0.05, 0) is 36.8 Å². The molecule has 0 aliphatic rings. The summed E-state index contributed by atoms with van der Waals surface area (Å²) in [4.78, 5) is 0. The van der Waals surface area contributed by atoms with Gasteiger partial charge in [0.2, 0.25) is 10.0 Å². The van der Waals surface area contributed by atoms with Crippen LogP contribution in [0.5, 0.6) is 0 Å². The number of hydrogen-bond acceptors (Lipinski definition) is 3. The van der Waals surface area contributed by atoms with E-state index in [0.29, 0.717) is 12.2 Å². The van der Waals surface area contributed by atoms with E-state index in [0.717, 1.165) is 18.5 Å². The standard InChI is InChI=1S/C14H19N3O2S/c1-3-17-8-7-12(11-17)10-15-13-5-4-6-14(9-13)16-20(2,18)19/h4-9,11,15-16H,3,10H2,1-2H3. The molecule has 0 aliphatic carbocycles. The first-order chi connectivity index (χ1) is 9.46. The van der Waals surface area contributed by atoms with Crippen molar-refractivity contribution in [2.45, 2.75) is 20.0 Å². The lowest BCUT2D eigenvalue weighted by atomic mass is 10.2. The topological polar surface area (TPSA) is 63.1 Å². The number of aryl methyl sites for hydroxylation is 1. The Balaban J connectivity index is 2.01. The number of aromatic nitrogens is 1. The van der Waals surface area contributed by atoms with E-state index in [4.69, 9.17) is 0 Å². The Hall–Kier alpha value is -1.95. The highest BCUT2D eigenvalue weighted by Gasteiger charge is 2.02. The molecule has 0 unspecified atom stereocenters. The Bertz CT molecular complexity index is 677. The van der Waals surface area contributed by atoms with E-state index in [-0.39, 0.29) is 0 Å². The van der Waals surface area contributed by atoms with Gasteiger partial charge in [-0.1, -0.05) is 6.07 Å². The van der Waals surface area contributed by atoms with Crippen LogP contribution < -0.4 is 10.0 Å². The van der Waals surface area contributed by atoms with Crippen LogP contribution in [-0.2, 0) is 23.1 Å². The normalized spacial score (nSPS) is 11.3. The maximum absolute atomic E-state index is 11.2. The Morgan fingerprint density at radius 3 is 2.60 bits per heavy atom. The second kappa shape index (κ2) is 6.00. The lowest BCUT2D eigenvalue weighted by molar-refractivity contribution is 0.607. The number of nitrogens with one attached hydrogen (secondary N) is 2. The van der Waals surface area contributed by atoms with E-state index in [1.54, 1.807) is 12.1 Å². The minimum atomic E-state index is -3.24. The van der Waals surface area contributed by atoms with Gasteiger partial charge >= 0.3 is 0 Å². The van der Waals surface area contributed by atoms with Gasteiger partial charge in [-0.3, -0.25) is 4.72 Å². The molecule has 6 heteroatoms. The molecule has 0 spiro atoms. The summed E-state index contributed by atoms with van der Waals surface area (Å²) in [7, 11) is -3.24. The monoisotopic (exact) mass is 293 g/mol. The molecule has 0 radical (unpaired) electrons. The fourth-order valence-corrected chi connectivity index (χ4v) is 2.46. The molecule has 0 aliphatic heterocycles. The van der Waals surface area contributed by atoms with Gasteiger partial charge in [-0.15, -0.1) is 0 Å². The molecule has 1 aromatic heterocycles. The highest BCUT2D eigenvalue weighted by molar-refractivity contribution is 7.92. The van der Waals surface area contributed by atoms with Gasteiger partial charge < -0.3 is 9.88 Å². The molecule has 5 nitrogen and oxygen atoms in total. The predicted molar refractivity (Wildman–Crippen MR) is 82.3 cm³/mol. The molecule has 0 saturated heterocycles. The summed E-state index contributed by atoms with van der Waals surface area (Å²) in [5, 5.41) is 3.28. The molecule has 0 atom stereocenters. The van der Waals surface area contributed by atoms with Crippen molar-refractivity contribution in [3.05, 3.63) is 48.3 Å². The van der Waals surface area contributed by atoms with Gasteiger partial charge in [0.1, 0.15) is 0 Å². The summed E-state index contributed by atoms with van der Waals surface area (Å²) < 4.78 is 27.0. The van der Waals surface area contributed by atoms with E-state index in [1.807, 2.05) is 18.3 Å². The van der Waals surface area contributed by atoms with Crippen LogP contribution in [0.3, 0.4) is 0 Å². The maximum Gasteiger partial charge on any atom is 0.229 e. The summed E-state index contributed by atoms with van der Waals surface area (Å²) in [6.07, 6.45) is 5.27. The molecule has 2 aromatic rings. The van der Waals surface area contributed by atoms with Crippen molar-refractivity contribution < 1.29 is 8.42 Å². The Morgan fingerprint density at radius 2 is 1.95 bits per heavy atom. The second-order valence-corrected chi connectivity index (χ2v) is 6.41. The molecule has 1 heterocycles. The zero-order chi connectivity index (χ0) is 14.6. The fourth-order valence-electron chi connectivity index (χ4n) is 1.90. The third kappa shape index (κ3) is 4.31. The van der Waals surface area contributed by atoms with Crippen LogP contribution in [0.2, 0.25) is 0 Å². The second-order valence-electron chi connectivity index (χ2n) is 4.66. The van der Waals surface area contributed by atoms with Gasteiger partial charge in [0, 0.05) is 31.2 Å². The minimum Gasteiger partial charge on any atom is -0.381 e. The molecule has 108 valence electrons. The van der Waals surface area contributed by atoms with Crippen molar-refractivity contribution in [3.63, 3.8) is 0 Å². The van der Waals surface area contributed by atoms with Crippen molar-refractivity contribution in [1.82, 2.24) is 4.57 Å². The molecule has 0 saturated carbocycles. The molecular formula is C14H19N3O2S. The highest BCUT2D eigenvalue weighted by atomic mass is 32.2. The number of benzene rings is 1. The summed E-state index contributed by atoms with van der Waals surface area (Å²) >= 11 is 0. The first kappa shape index (κ1) is 14.5. The summed E-state index contributed by atoms with van der Waals surface area (Å²) in [5.41, 5.74) is 2.62. The fraction of sp³-hybridized carbons (Fsp3) is 0.286. The van der Waals surface area contributed by atoms with Gasteiger partial charge in [0.15, 0.2) is 0 Å². The average molecular weight is 293 g/mol. The van der Waals surface area contributed by atoms with Crippen molar-refractivity contribution in [2.75, 3.05) is 16.3 Å². The Labute approximate surface area is 119 Å². The van der Waals surface area contributed by atoms with Crippen LogP contribution in [0.15, 0.2) is 42.7 Å². The molecule has 0 bridgehead atoms. The number of sulfonamides is 1. The molecular weight excluding hydrogens is 274 g/mol. The maximum atomic E-state index is 11.2. The average Bonchev–Trinajstić information content (AvgIpc) is 2.83. The zero-order valence-electron chi connectivity index (χ0n) is 11.6. The van der Waals surface area contributed by atoms with Gasteiger partial charge in [-0.25, -0.2) is 8.42 Å². The zero-order valence-corrected chi connectivity index (χ0v) is 12.4. The van der Waals surface area contributed by atoms with Crippen LogP contribution in [0.4, 0.5) is 11.4 Å². The molecule has 2 rings (SSSR count). The van der Waals surface area contributed by atoms with Crippen LogP contribution in [0, 0.1) is 0 Å². The number of nitrogens with zero attached hydrogens (tertiary/aromatic N) is 1. The van der Waals surface area contributed by atoms with Crippen LogP contribution in [0.1, 0.15) is 12.5 Å². The smallest absolute Gasteiger partial charge is 0.229 e. The van der Waals surface area contributed by atoms with Gasteiger partial charge in [0.25, 0.3) is 0 Å². The van der Waals surface area contributed by atoms with E-state index < -0.39 is 10.0 Å². The SMILES string of the molecule is CCn1ccc(CNc2cccc(NS(C)(=O)=O)c2)c1. The molecule has 0 amide bonds. The molecule has 0 fully saturated rings. The lowest BCUT2D eigenvalue weighted by Gasteiger charge is -2.08. The molecule has 2 N–H and O–H groups in total. The third-order valence-corrected chi connectivity index (χ3v) is 3.45. The Morgan fingerprint density at radius 1 is 1.20 bits per heavy atom. The summed E-state index contributed by atoms with van der Waals surface area (Å²) in [6.45, 7) is 3.75. The third-order valence-electron chi connectivity index (χ3n) is 2.84. The van der Waals surface area contributed by atoms with Crippen molar-refractivity contribution in [1.29, 1.82) is 0 Å². The first-order valence-corrected chi connectivity index (χ1v) is 8.32. The number of rotatable bonds is 6. The quantitative estimate of drug-likeness (QED) is 0.860. The van der Waals surface area contributed by atoms with Gasteiger partial charge in [0.05, 0.1) is 11.9 Å². The minimum absolute atomic E-state index is 0.559. The van der Waals surface area contributed by atoms with Gasteiger partial charge in [-0.2, -0.15) is 0 Å².